The van der Waals surface area contributed by atoms with E-state index in [0.717, 1.165) is 32.2 Å². The van der Waals surface area contributed by atoms with Crippen molar-refractivity contribution in [3.05, 3.63) is 18.0 Å². The SMILES string of the molecule is CCC(CN)Cc1ccn(C(CC)CC)n1. The van der Waals surface area contributed by atoms with Gasteiger partial charge in [-0.05, 0) is 37.8 Å². The molecule has 0 radical (unpaired) electrons. The Morgan fingerprint density at radius 1 is 1.25 bits per heavy atom. The summed E-state index contributed by atoms with van der Waals surface area (Å²) in [7, 11) is 0. The van der Waals surface area contributed by atoms with Crippen LogP contribution in [-0.2, 0) is 6.42 Å². The predicted octanol–water partition coefficient (Wildman–Crippen LogP) is 2.77. The van der Waals surface area contributed by atoms with E-state index in [0.29, 0.717) is 12.0 Å². The van der Waals surface area contributed by atoms with Crippen LogP contribution in [0, 0.1) is 5.92 Å². The summed E-state index contributed by atoms with van der Waals surface area (Å²) in [4.78, 5) is 0. The summed E-state index contributed by atoms with van der Waals surface area (Å²) in [5.41, 5.74) is 6.90. The molecule has 3 heteroatoms. The molecule has 1 aromatic heterocycles. The Morgan fingerprint density at radius 2 is 1.94 bits per heavy atom. The highest BCUT2D eigenvalue weighted by molar-refractivity contribution is 5.01. The fourth-order valence-corrected chi connectivity index (χ4v) is 2.04. The first-order chi connectivity index (χ1) is 7.74. The third-order valence-electron chi connectivity index (χ3n) is 3.39. The number of nitrogens with two attached hydrogens (primary N) is 1. The maximum absolute atomic E-state index is 5.72. The van der Waals surface area contributed by atoms with Crippen LogP contribution in [-0.4, -0.2) is 16.3 Å². The minimum absolute atomic E-state index is 0.548. The van der Waals surface area contributed by atoms with E-state index in [2.05, 4.69) is 42.8 Å². The molecule has 1 aromatic rings. The Labute approximate surface area is 99.0 Å². The molecule has 0 aliphatic heterocycles. The van der Waals surface area contributed by atoms with Gasteiger partial charge in [-0.25, -0.2) is 0 Å². The van der Waals surface area contributed by atoms with Gasteiger partial charge in [-0.1, -0.05) is 27.2 Å². The van der Waals surface area contributed by atoms with Crippen LogP contribution in [0.5, 0.6) is 0 Å². The average Bonchev–Trinajstić information content (AvgIpc) is 2.76. The predicted molar refractivity (Wildman–Crippen MR) is 68.4 cm³/mol. The van der Waals surface area contributed by atoms with Crippen LogP contribution in [0.25, 0.3) is 0 Å². The van der Waals surface area contributed by atoms with E-state index in [-0.39, 0.29) is 0 Å². The highest BCUT2D eigenvalue weighted by Crippen LogP contribution is 2.16. The van der Waals surface area contributed by atoms with E-state index in [4.69, 9.17) is 5.73 Å². The first-order valence-electron chi connectivity index (χ1n) is 6.49. The van der Waals surface area contributed by atoms with Gasteiger partial charge in [-0.15, -0.1) is 0 Å². The zero-order chi connectivity index (χ0) is 12.0. The van der Waals surface area contributed by atoms with Crippen LogP contribution in [0.4, 0.5) is 0 Å². The van der Waals surface area contributed by atoms with Gasteiger partial charge in [0.05, 0.1) is 11.7 Å². The van der Waals surface area contributed by atoms with Crippen LogP contribution < -0.4 is 5.73 Å². The van der Waals surface area contributed by atoms with Crippen LogP contribution in [0.3, 0.4) is 0 Å². The smallest absolute Gasteiger partial charge is 0.0627 e. The third kappa shape index (κ3) is 3.34. The summed E-state index contributed by atoms with van der Waals surface area (Å²) in [5, 5.41) is 4.65. The van der Waals surface area contributed by atoms with E-state index in [1.165, 1.54) is 5.69 Å². The minimum atomic E-state index is 0.548. The van der Waals surface area contributed by atoms with E-state index in [1.807, 2.05) is 0 Å². The van der Waals surface area contributed by atoms with Crippen LogP contribution in [0.15, 0.2) is 12.3 Å². The summed E-state index contributed by atoms with van der Waals surface area (Å²) in [6.07, 6.45) is 6.54. The Balaban J connectivity index is 2.63. The third-order valence-corrected chi connectivity index (χ3v) is 3.39. The van der Waals surface area contributed by atoms with E-state index < -0.39 is 0 Å². The summed E-state index contributed by atoms with van der Waals surface area (Å²) < 4.78 is 2.11. The molecule has 1 heterocycles. The number of aromatic nitrogens is 2. The van der Waals surface area contributed by atoms with Crippen molar-refractivity contribution in [1.82, 2.24) is 9.78 Å². The topological polar surface area (TPSA) is 43.8 Å². The standard InChI is InChI=1S/C13H25N3/c1-4-11(10-14)9-12-7-8-16(15-12)13(5-2)6-3/h7-8,11,13H,4-6,9-10,14H2,1-3H3. The molecule has 0 fully saturated rings. The molecule has 0 aromatic carbocycles. The second-order valence-electron chi connectivity index (χ2n) is 4.47. The van der Waals surface area contributed by atoms with E-state index in [9.17, 15) is 0 Å². The van der Waals surface area contributed by atoms with Crippen molar-refractivity contribution in [1.29, 1.82) is 0 Å². The highest BCUT2D eigenvalue weighted by Gasteiger charge is 2.10. The number of nitrogens with zero attached hydrogens (tertiary/aromatic N) is 2. The molecule has 3 nitrogen and oxygen atoms in total. The first-order valence-corrected chi connectivity index (χ1v) is 6.49. The highest BCUT2D eigenvalue weighted by atomic mass is 15.3. The lowest BCUT2D eigenvalue weighted by molar-refractivity contribution is 0.420. The lowest BCUT2D eigenvalue weighted by Gasteiger charge is -2.13. The molecule has 0 aliphatic rings. The second kappa shape index (κ2) is 6.69. The molecule has 16 heavy (non-hydrogen) atoms. The van der Waals surface area contributed by atoms with Crippen molar-refractivity contribution in [3.63, 3.8) is 0 Å². The summed E-state index contributed by atoms with van der Waals surface area (Å²) in [5.74, 6) is 0.574. The summed E-state index contributed by atoms with van der Waals surface area (Å²) >= 11 is 0. The Kier molecular flexibility index (Phi) is 5.53. The second-order valence-corrected chi connectivity index (χ2v) is 4.47. The largest absolute Gasteiger partial charge is 0.330 e. The lowest BCUT2D eigenvalue weighted by atomic mass is 10.0. The average molecular weight is 223 g/mol. The maximum atomic E-state index is 5.72. The monoisotopic (exact) mass is 223 g/mol. The van der Waals surface area contributed by atoms with Gasteiger partial charge in [0.15, 0.2) is 0 Å². The Bertz CT molecular complexity index is 285. The summed E-state index contributed by atoms with van der Waals surface area (Å²) in [6.45, 7) is 7.37. The molecule has 1 unspecified atom stereocenters. The molecule has 1 rings (SSSR count). The lowest BCUT2D eigenvalue weighted by Crippen LogP contribution is -2.16. The van der Waals surface area contributed by atoms with Gasteiger partial charge < -0.3 is 5.73 Å². The van der Waals surface area contributed by atoms with Crippen molar-refractivity contribution >= 4 is 0 Å². The van der Waals surface area contributed by atoms with Gasteiger partial charge in [0, 0.05) is 6.20 Å². The minimum Gasteiger partial charge on any atom is -0.330 e. The molecule has 92 valence electrons. The number of rotatable bonds is 7. The molecule has 0 saturated heterocycles. The first kappa shape index (κ1) is 13.2. The molecule has 1 atom stereocenters. The van der Waals surface area contributed by atoms with Gasteiger partial charge in [0.25, 0.3) is 0 Å². The van der Waals surface area contributed by atoms with Crippen molar-refractivity contribution in [2.24, 2.45) is 11.7 Å². The van der Waals surface area contributed by atoms with Gasteiger partial charge >= 0.3 is 0 Å². The zero-order valence-electron chi connectivity index (χ0n) is 10.8. The fourth-order valence-electron chi connectivity index (χ4n) is 2.04. The molecule has 0 aliphatic carbocycles. The number of hydrogen-bond acceptors (Lipinski definition) is 2. The normalized spacial score (nSPS) is 13.3. The molecule has 2 N–H and O–H groups in total. The van der Waals surface area contributed by atoms with Crippen LogP contribution in [0.1, 0.15) is 51.8 Å². The van der Waals surface area contributed by atoms with Crippen molar-refractivity contribution in [2.45, 2.75) is 52.5 Å². The molecule has 0 spiro atoms. The van der Waals surface area contributed by atoms with E-state index in [1.54, 1.807) is 0 Å². The Hall–Kier alpha value is -0.830. The maximum Gasteiger partial charge on any atom is 0.0627 e. The van der Waals surface area contributed by atoms with Crippen molar-refractivity contribution < 1.29 is 0 Å². The molecule has 0 bridgehead atoms. The quantitative estimate of drug-likeness (QED) is 0.772. The fraction of sp³-hybridized carbons (Fsp3) is 0.769. The molecule has 0 amide bonds. The van der Waals surface area contributed by atoms with Gasteiger partial charge in [-0.2, -0.15) is 5.10 Å². The molecular formula is C13H25N3. The van der Waals surface area contributed by atoms with Crippen LogP contribution >= 0.6 is 0 Å². The van der Waals surface area contributed by atoms with Gasteiger partial charge in [0.1, 0.15) is 0 Å². The van der Waals surface area contributed by atoms with Gasteiger partial charge in [0.2, 0.25) is 0 Å². The molecular weight excluding hydrogens is 198 g/mol. The molecule has 0 saturated carbocycles. The number of hydrogen-bond donors (Lipinski definition) is 1. The van der Waals surface area contributed by atoms with Gasteiger partial charge in [-0.3, -0.25) is 4.68 Å². The summed E-state index contributed by atoms with van der Waals surface area (Å²) in [6, 6.07) is 2.68. The van der Waals surface area contributed by atoms with Crippen molar-refractivity contribution in [2.75, 3.05) is 6.54 Å². The Morgan fingerprint density at radius 3 is 2.44 bits per heavy atom. The van der Waals surface area contributed by atoms with Crippen LogP contribution in [0.2, 0.25) is 0 Å². The zero-order valence-corrected chi connectivity index (χ0v) is 10.8. The van der Waals surface area contributed by atoms with Crippen molar-refractivity contribution in [3.8, 4) is 0 Å². The van der Waals surface area contributed by atoms with E-state index >= 15 is 0 Å².